The Morgan fingerprint density at radius 3 is 2.50 bits per heavy atom. The van der Waals surface area contributed by atoms with Crippen LogP contribution in [0.15, 0.2) is 18.2 Å². The minimum absolute atomic E-state index is 0.0146. The van der Waals surface area contributed by atoms with Crippen LogP contribution in [-0.2, 0) is 0 Å². The third kappa shape index (κ3) is 2.11. The average molecular weight is 203 g/mol. The molecule has 5 heteroatoms. The Hall–Kier alpha value is -1.36. The maximum absolute atomic E-state index is 12.2. The summed E-state index contributed by atoms with van der Waals surface area (Å²) in [5.74, 6) is 0.116. The van der Waals surface area contributed by atoms with Gasteiger partial charge < -0.3 is 15.6 Å². The van der Waals surface area contributed by atoms with Crippen LogP contribution in [0, 0.1) is 0 Å². The van der Waals surface area contributed by atoms with E-state index in [1.165, 1.54) is 25.3 Å². The van der Waals surface area contributed by atoms with Crippen molar-refractivity contribution in [2.24, 2.45) is 5.73 Å². The predicted octanol–water partition coefficient (Wildman–Crippen LogP) is 1.67. The van der Waals surface area contributed by atoms with Crippen LogP contribution in [0.3, 0.4) is 0 Å². The summed E-state index contributed by atoms with van der Waals surface area (Å²) in [7, 11) is 1.42. The van der Waals surface area contributed by atoms with Crippen LogP contribution in [0.5, 0.6) is 11.5 Å². The van der Waals surface area contributed by atoms with Crippen molar-refractivity contribution in [3.63, 3.8) is 0 Å². The van der Waals surface area contributed by atoms with Crippen LogP contribution >= 0.6 is 0 Å². The van der Waals surface area contributed by atoms with Gasteiger partial charge in [-0.1, -0.05) is 0 Å². The zero-order valence-corrected chi connectivity index (χ0v) is 7.58. The molecule has 0 spiro atoms. The van der Waals surface area contributed by atoms with E-state index in [9.17, 15) is 13.9 Å². The first-order valence-corrected chi connectivity index (χ1v) is 3.97. The first kappa shape index (κ1) is 10.7. The Kier molecular flexibility index (Phi) is 3.24. The van der Waals surface area contributed by atoms with Gasteiger partial charge in [0.1, 0.15) is 11.5 Å². The summed E-state index contributed by atoms with van der Waals surface area (Å²) in [5, 5.41) is 9.35. The second-order valence-corrected chi connectivity index (χ2v) is 2.78. The summed E-state index contributed by atoms with van der Waals surface area (Å²) in [6, 6.07) is 2.57. The molecule has 1 unspecified atom stereocenters. The molecule has 0 heterocycles. The molecule has 0 fully saturated rings. The quantitative estimate of drug-likeness (QED) is 0.785. The molecule has 78 valence electrons. The van der Waals surface area contributed by atoms with Crippen LogP contribution in [0.1, 0.15) is 11.6 Å². The van der Waals surface area contributed by atoms with E-state index < -0.39 is 12.5 Å². The van der Waals surface area contributed by atoms with Gasteiger partial charge >= 0.3 is 0 Å². The van der Waals surface area contributed by atoms with Crippen molar-refractivity contribution in [1.82, 2.24) is 0 Å². The molecule has 0 saturated carbocycles. The molecule has 1 rings (SSSR count). The lowest BCUT2D eigenvalue weighted by Gasteiger charge is -2.13. The fourth-order valence-electron chi connectivity index (χ4n) is 1.07. The first-order chi connectivity index (χ1) is 6.56. The van der Waals surface area contributed by atoms with Crippen molar-refractivity contribution in [3.05, 3.63) is 23.8 Å². The van der Waals surface area contributed by atoms with Crippen LogP contribution < -0.4 is 10.5 Å². The molecule has 1 aromatic rings. The monoisotopic (exact) mass is 203 g/mol. The fraction of sp³-hybridized carbons (Fsp3) is 0.333. The van der Waals surface area contributed by atoms with Gasteiger partial charge in [-0.05, 0) is 12.1 Å². The summed E-state index contributed by atoms with van der Waals surface area (Å²) in [5.41, 5.74) is 5.19. The van der Waals surface area contributed by atoms with Crippen molar-refractivity contribution in [1.29, 1.82) is 0 Å². The average Bonchev–Trinajstić information content (AvgIpc) is 2.16. The highest BCUT2D eigenvalue weighted by molar-refractivity contribution is 5.41. The third-order valence-electron chi connectivity index (χ3n) is 1.87. The lowest BCUT2D eigenvalue weighted by molar-refractivity contribution is 0.115. The highest BCUT2D eigenvalue weighted by Gasteiger charge is 2.20. The van der Waals surface area contributed by atoms with Crippen molar-refractivity contribution in [2.45, 2.75) is 12.5 Å². The first-order valence-electron chi connectivity index (χ1n) is 3.97. The normalized spacial score (nSPS) is 12.9. The summed E-state index contributed by atoms with van der Waals surface area (Å²) in [6.07, 6.45) is -2.70. The zero-order chi connectivity index (χ0) is 10.7. The minimum Gasteiger partial charge on any atom is -0.507 e. The van der Waals surface area contributed by atoms with Gasteiger partial charge in [0.25, 0.3) is 6.43 Å². The zero-order valence-electron chi connectivity index (χ0n) is 7.58. The number of hydrogen-bond acceptors (Lipinski definition) is 3. The minimum atomic E-state index is -2.70. The number of nitrogens with two attached hydrogens (primary N) is 1. The second-order valence-electron chi connectivity index (χ2n) is 2.78. The molecule has 3 nitrogen and oxygen atoms in total. The number of hydrogen-bond donors (Lipinski definition) is 2. The molecule has 1 atom stereocenters. The van der Waals surface area contributed by atoms with Crippen LogP contribution in [0.4, 0.5) is 8.78 Å². The highest BCUT2D eigenvalue weighted by atomic mass is 19.3. The Morgan fingerprint density at radius 1 is 1.43 bits per heavy atom. The SMILES string of the molecule is COc1ccc(C(N)C(F)F)c(O)c1. The second kappa shape index (κ2) is 4.23. The topological polar surface area (TPSA) is 55.5 Å². The van der Waals surface area contributed by atoms with Gasteiger partial charge in [0.2, 0.25) is 0 Å². The summed E-state index contributed by atoms with van der Waals surface area (Å²) >= 11 is 0. The van der Waals surface area contributed by atoms with Crippen molar-refractivity contribution in [3.8, 4) is 11.5 Å². The molecular weight excluding hydrogens is 192 g/mol. The number of ether oxygens (including phenoxy) is 1. The standard InChI is InChI=1S/C9H11F2NO2/c1-14-5-2-3-6(7(13)4-5)8(12)9(10)11/h2-4,8-9,13H,12H2,1H3. The Balaban J connectivity index is 2.99. The molecule has 14 heavy (non-hydrogen) atoms. The van der Waals surface area contributed by atoms with Gasteiger partial charge in [0.15, 0.2) is 0 Å². The number of alkyl halides is 2. The molecule has 0 aromatic heterocycles. The molecular formula is C9H11F2NO2. The van der Waals surface area contributed by atoms with Crippen molar-refractivity contribution < 1.29 is 18.6 Å². The van der Waals surface area contributed by atoms with Gasteiger partial charge in [-0.25, -0.2) is 8.78 Å². The Morgan fingerprint density at radius 2 is 2.07 bits per heavy atom. The lowest BCUT2D eigenvalue weighted by atomic mass is 10.1. The molecule has 0 aliphatic heterocycles. The molecule has 0 aliphatic rings. The van der Waals surface area contributed by atoms with E-state index in [0.717, 1.165) is 0 Å². The summed E-state index contributed by atoms with van der Waals surface area (Å²) in [6.45, 7) is 0. The molecule has 0 bridgehead atoms. The molecule has 0 amide bonds. The van der Waals surface area contributed by atoms with Crippen molar-refractivity contribution in [2.75, 3.05) is 7.11 Å². The molecule has 1 aromatic carbocycles. The summed E-state index contributed by atoms with van der Waals surface area (Å²) in [4.78, 5) is 0. The number of phenolic OH excluding ortho intramolecular Hbond substituents is 1. The van der Waals surface area contributed by atoms with Crippen LogP contribution in [0.25, 0.3) is 0 Å². The number of halogens is 2. The highest BCUT2D eigenvalue weighted by Crippen LogP contribution is 2.29. The molecule has 3 N–H and O–H groups in total. The van der Waals surface area contributed by atoms with Crippen LogP contribution in [-0.4, -0.2) is 18.6 Å². The van der Waals surface area contributed by atoms with E-state index in [0.29, 0.717) is 5.75 Å². The Bertz CT molecular complexity index is 318. The van der Waals surface area contributed by atoms with Gasteiger partial charge in [0, 0.05) is 11.6 Å². The number of aromatic hydroxyl groups is 1. The van der Waals surface area contributed by atoms with E-state index >= 15 is 0 Å². The summed E-state index contributed by atoms with van der Waals surface area (Å²) < 4.78 is 29.2. The number of phenols is 1. The van der Waals surface area contributed by atoms with E-state index in [1.807, 2.05) is 0 Å². The van der Waals surface area contributed by atoms with Gasteiger partial charge in [-0.3, -0.25) is 0 Å². The number of methoxy groups -OCH3 is 1. The molecule has 0 radical (unpaired) electrons. The van der Waals surface area contributed by atoms with E-state index in [-0.39, 0.29) is 11.3 Å². The lowest BCUT2D eigenvalue weighted by Crippen LogP contribution is -2.18. The smallest absolute Gasteiger partial charge is 0.257 e. The maximum atomic E-state index is 12.2. The van der Waals surface area contributed by atoms with Gasteiger partial charge in [-0.2, -0.15) is 0 Å². The molecule has 0 saturated heterocycles. The number of benzene rings is 1. The number of rotatable bonds is 3. The van der Waals surface area contributed by atoms with Crippen LogP contribution in [0.2, 0.25) is 0 Å². The Labute approximate surface area is 80.1 Å². The van der Waals surface area contributed by atoms with E-state index in [2.05, 4.69) is 0 Å². The van der Waals surface area contributed by atoms with Gasteiger partial charge in [-0.15, -0.1) is 0 Å². The predicted molar refractivity (Wildman–Crippen MR) is 47.6 cm³/mol. The fourth-order valence-corrected chi connectivity index (χ4v) is 1.07. The van der Waals surface area contributed by atoms with E-state index in [1.54, 1.807) is 0 Å². The third-order valence-corrected chi connectivity index (χ3v) is 1.87. The largest absolute Gasteiger partial charge is 0.507 e. The maximum Gasteiger partial charge on any atom is 0.257 e. The van der Waals surface area contributed by atoms with Gasteiger partial charge in [0.05, 0.1) is 13.2 Å². The van der Waals surface area contributed by atoms with E-state index in [4.69, 9.17) is 10.5 Å². The van der Waals surface area contributed by atoms with Crippen molar-refractivity contribution >= 4 is 0 Å². The molecule has 0 aliphatic carbocycles.